The Labute approximate surface area is 691 Å². The predicted molar refractivity (Wildman–Crippen MR) is 452 cm³/mol. The zero-order valence-electron chi connectivity index (χ0n) is 66.2. The number of nitrogen functional groups attached to an aromatic ring is 1. The number of halogens is 2. The molecule has 12 bridgehead atoms. The van der Waals surface area contributed by atoms with Crippen molar-refractivity contribution >= 4 is 69.8 Å². The van der Waals surface area contributed by atoms with Gasteiger partial charge in [0, 0.05) is 73.2 Å². The van der Waals surface area contributed by atoms with Gasteiger partial charge in [0.2, 0.25) is 28.4 Å². The van der Waals surface area contributed by atoms with Gasteiger partial charge in [0.15, 0.2) is 0 Å². The minimum absolute atomic E-state index is 0.0356. The Balaban J connectivity index is 0.000000188. The lowest BCUT2D eigenvalue weighted by Gasteiger charge is -2.11. The average molecular weight is 1630 g/mol. The van der Waals surface area contributed by atoms with E-state index >= 15 is 0 Å². The van der Waals surface area contributed by atoms with Gasteiger partial charge in [-0.3, -0.25) is 4.79 Å². The van der Waals surface area contributed by atoms with E-state index in [4.69, 9.17) is 81.0 Å². The molecule has 2 aliphatic rings. The molecule has 0 unspecified atom stereocenters. The van der Waals surface area contributed by atoms with Crippen molar-refractivity contribution in [1.29, 1.82) is 0 Å². The molecule has 0 amide bonds. The van der Waals surface area contributed by atoms with Gasteiger partial charge in [0.05, 0.1) is 46.2 Å². The largest absolute Gasteiger partial charge is 0.494 e. The molecule has 31 heteroatoms. The van der Waals surface area contributed by atoms with Crippen LogP contribution in [0.1, 0.15) is 88.5 Å². The monoisotopic (exact) mass is 1630 g/mol. The smallest absolute Gasteiger partial charge is 0.322 e. The molecule has 11 aromatic rings. The first-order valence-electron chi connectivity index (χ1n) is 37.7. The van der Waals surface area contributed by atoms with Gasteiger partial charge in [-0.05, 0) is 184 Å². The quantitative estimate of drug-likeness (QED) is 0.0278. The summed E-state index contributed by atoms with van der Waals surface area (Å²) in [6.45, 7) is 27.5. The van der Waals surface area contributed by atoms with Crippen LogP contribution < -0.4 is 73.8 Å². The Bertz CT molecular complexity index is 4690. The van der Waals surface area contributed by atoms with Crippen molar-refractivity contribution in [3.8, 4) is 64.3 Å². The third kappa shape index (κ3) is 34.4. The second-order valence-corrected chi connectivity index (χ2v) is 24.9. The van der Waals surface area contributed by atoms with Crippen molar-refractivity contribution in [2.75, 3.05) is 101 Å². The Morgan fingerprint density at radius 1 is 0.462 bits per heavy atom. The van der Waals surface area contributed by atoms with Gasteiger partial charge in [-0.2, -0.15) is 59.8 Å². The number of hydrogen-bond acceptors (Lipinski definition) is 29. The van der Waals surface area contributed by atoms with Crippen molar-refractivity contribution in [2.45, 2.75) is 73.6 Å². The van der Waals surface area contributed by atoms with Crippen molar-refractivity contribution in [3.63, 3.8) is 0 Å². The third-order valence-corrected chi connectivity index (χ3v) is 15.3. The summed E-state index contributed by atoms with van der Waals surface area (Å²) in [5.74, 6) is 8.32. The molecular weight excluding hydrogens is 1540 g/mol. The normalized spacial score (nSPS) is 11.7. The number of nitrogens with two attached hydrogens (primary N) is 1. The second-order valence-electron chi connectivity index (χ2n) is 24.2. The van der Waals surface area contributed by atoms with E-state index in [0.717, 1.165) is 86.8 Å². The number of carbonyl (C=O) groups is 1. The highest BCUT2D eigenvalue weighted by molar-refractivity contribution is 6.31. The van der Waals surface area contributed by atoms with Crippen molar-refractivity contribution in [1.82, 2.24) is 59.8 Å². The van der Waals surface area contributed by atoms with E-state index in [2.05, 4.69) is 100 Å². The summed E-state index contributed by atoms with van der Waals surface area (Å²) in [4.78, 5) is 60.8. The Hall–Kier alpha value is -13.4. The highest BCUT2D eigenvalue weighted by Gasteiger charge is 2.16. The number of carbonyl (C=O) groups excluding carboxylic acids is 1. The van der Waals surface area contributed by atoms with Crippen LogP contribution in [0.25, 0.3) is 0 Å². The van der Waals surface area contributed by atoms with Gasteiger partial charge in [-0.1, -0.05) is 98.6 Å². The van der Waals surface area contributed by atoms with E-state index in [9.17, 15) is 4.79 Å². The zero-order chi connectivity index (χ0) is 83.0. The number of nitrogens with one attached hydrogen (secondary N) is 3. The summed E-state index contributed by atoms with van der Waals surface area (Å²) < 4.78 is 65.7. The maximum atomic E-state index is 9.82. The molecular formula is C86H96Cl2N16O13. The minimum Gasteiger partial charge on any atom is -0.494 e. The van der Waals surface area contributed by atoms with Gasteiger partial charge in [0.1, 0.15) is 90.8 Å². The molecule has 0 aliphatic carbocycles. The van der Waals surface area contributed by atoms with Crippen LogP contribution in [0, 0.1) is 0 Å². The molecule has 0 fully saturated rings. The maximum absolute atomic E-state index is 9.82. The van der Waals surface area contributed by atoms with Gasteiger partial charge >= 0.3 is 30.0 Å². The molecule has 0 radical (unpaired) electrons. The summed E-state index contributed by atoms with van der Waals surface area (Å²) in [7, 11) is 0. The molecule has 13 rings (SSSR count). The molecule has 6 heterocycles. The Morgan fingerprint density at radius 2 is 0.906 bits per heavy atom. The first-order valence-corrected chi connectivity index (χ1v) is 38.4. The molecule has 0 saturated carbocycles. The van der Waals surface area contributed by atoms with Crippen LogP contribution in [0.5, 0.6) is 64.3 Å². The molecule has 4 aromatic heterocycles. The number of benzene rings is 7. The van der Waals surface area contributed by atoms with Gasteiger partial charge < -0.3 is 78.5 Å². The average Bonchev–Trinajstić information content (AvgIpc) is 1.18. The number of ether oxygens (including phenoxy) is 12. The molecule has 612 valence electrons. The summed E-state index contributed by atoms with van der Waals surface area (Å²) in [6, 6.07) is 55.0. The van der Waals surface area contributed by atoms with Crippen LogP contribution in [0.4, 0.5) is 40.6 Å². The lowest BCUT2D eigenvalue weighted by atomic mass is 10.1. The van der Waals surface area contributed by atoms with Gasteiger partial charge in [0.25, 0.3) is 0 Å². The predicted octanol–water partition coefficient (Wildman–Crippen LogP) is 16.8. The number of anilines is 7. The van der Waals surface area contributed by atoms with Crippen LogP contribution >= 0.6 is 23.2 Å². The van der Waals surface area contributed by atoms with Crippen LogP contribution in [0.15, 0.2) is 220 Å². The number of nitrogens with zero attached hydrogens (tertiary/aromatic N) is 12. The summed E-state index contributed by atoms with van der Waals surface area (Å²) >= 11 is 10.9. The van der Waals surface area contributed by atoms with Crippen molar-refractivity contribution in [3.05, 3.63) is 265 Å². The molecule has 2 aliphatic heterocycles. The summed E-state index contributed by atoms with van der Waals surface area (Å²) in [5, 5.41) is 9.73. The van der Waals surface area contributed by atoms with Gasteiger partial charge in [-0.25, -0.2) is 0 Å². The van der Waals surface area contributed by atoms with E-state index in [-0.39, 0.29) is 28.6 Å². The van der Waals surface area contributed by atoms with E-state index in [0.29, 0.717) is 152 Å². The van der Waals surface area contributed by atoms with E-state index in [1.54, 1.807) is 31.2 Å². The fraction of sp³-hybridized carbons (Fsp3) is 0.267. The van der Waals surface area contributed by atoms with E-state index in [1.165, 1.54) is 6.92 Å². The van der Waals surface area contributed by atoms with Gasteiger partial charge in [-0.15, -0.1) is 0 Å². The maximum Gasteiger partial charge on any atom is 0.322 e. The highest BCUT2D eigenvalue weighted by Crippen LogP contribution is 2.28. The fourth-order valence-electron chi connectivity index (χ4n) is 10.1. The minimum atomic E-state index is -0.211. The van der Waals surface area contributed by atoms with Crippen LogP contribution in [0.3, 0.4) is 0 Å². The number of aromatic nitrogens is 12. The molecule has 117 heavy (non-hydrogen) atoms. The van der Waals surface area contributed by atoms with Crippen LogP contribution in [-0.4, -0.2) is 145 Å². The topological polar surface area (TPSA) is 345 Å². The molecule has 0 spiro atoms. The molecule has 29 nitrogen and oxygen atoms in total. The number of fused-ring (bicyclic) bond motifs is 12. The SMILES string of the molecule is C=CCOc1cccc(Cc2nc(Nc3cccc(OCC=C)c3)nc(OCC)n2)c1.C=CCOc1cccc(N)c1.CCOC(C)=O.CCOc1nc(Cl)nc(Cl)n1.CCOc1nc2nc(n1)Nc1cccc(c1)OCC=CCOc1cccc(c1)C2.CCOc1nc2nc(n1)Nc1cccc(c1)OCCCCOc1cccc(c1)C2. The molecule has 5 N–H and O–H groups in total. The lowest BCUT2D eigenvalue weighted by molar-refractivity contribution is -0.140. The molecule has 0 atom stereocenters. The van der Waals surface area contributed by atoms with Crippen molar-refractivity contribution < 1.29 is 61.6 Å². The number of hydrogen-bond donors (Lipinski definition) is 4. The highest BCUT2D eigenvalue weighted by atomic mass is 35.5. The first-order chi connectivity index (χ1) is 57.1. The number of rotatable bonds is 22. The lowest BCUT2D eigenvalue weighted by Crippen LogP contribution is -2.08. The standard InChI is InChI=1S/C24H26N4O3.C22H24N4O3.C22H22N4O3.C9H11NO.C5H5Cl2N3O.C4H8O2/c1-4-13-30-20-11-7-9-18(15-20)16-22-26-23(28-24(27-22)29-6-3)25-19-10-8-12-21(17-19)31-14-5-2;2*1-2-27-22-25-20-14-16-7-5-9-18(13-16)28-11-3-4-12-29-19-10-6-8-17(15-19)23-21(24-20)26-22;1-2-6-11-9-5-3-4-8(10)7-9;1-2-11-5-9-3(6)8-4(7)10-5;1-3-6-4(2)5/h4-5,7-12,15,17H,1-2,6,13-14,16H2,3H3,(H,25,26,27,28);5-10,13,15H,2-4,11-12,14H2,1H3,(H,23,24,25,26);3-10,13,15H,2,11-12,14H2,1H3,(H,23,24,25,26);2-5,7H,1,6,10H2;2H2,1H3;3H2,1-2H3. The Morgan fingerprint density at radius 3 is 1.39 bits per heavy atom. The summed E-state index contributed by atoms with van der Waals surface area (Å²) in [6.07, 6.45) is 12.4. The van der Waals surface area contributed by atoms with Crippen LogP contribution in [0.2, 0.25) is 10.6 Å². The van der Waals surface area contributed by atoms with Crippen LogP contribution in [-0.2, 0) is 28.8 Å². The van der Waals surface area contributed by atoms with Crippen molar-refractivity contribution in [2.24, 2.45) is 0 Å². The zero-order valence-corrected chi connectivity index (χ0v) is 67.7. The third-order valence-electron chi connectivity index (χ3n) is 14.9. The molecule has 7 aromatic carbocycles. The first kappa shape index (κ1) is 89.1. The second kappa shape index (κ2) is 50.6. The van der Waals surface area contributed by atoms with E-state index < -0.39 is 0 Å². The fourth-order valence-corrected chi connectivity index (χ4v) is 10.5. The summed E-state index contributed by atoms with van der Waals surface area (Å²) in [5.41, 5.74) is 11.8. The Kier molecular flexibility index (Phi) is 38.6. The number of esters is 1. The van der Waals surface area contributed by atoms with E-state index in [1.807, 2.05) is 204 Å². The molecule has 0 saturated heterocycles.